The molecule has 0 atom stereocenters. The third-order valence-electron chi connectivity index (χ3n) is 2.51. The van der Waals surface area contributed by atoms with E-state index in [-0.39, 0.29) is 12.2 Å². The Hall–Kier alpha value is -2.23. The van der Waals surface area contributed by atoms with Crippen molar-refractivity contribution in [3.63, 3.8) is 0 Å². The van der Waals surface area contributed by atoms with E-state index in [1.54, 1.807) is 20.1 Å². The zero-order valence-electron chi connectivity index (χ0n) is 12.1. The van der Waals surface area contributed by atoms with E-state index in [1.165, 1.54) is 0 Å². The van der Waals surface area contributed by atoms with Gasteiger partial charge < -0.3 is 14.2 Å². The highest BCUT2D eigenvalue weighted by Crippen LogP contribution is 2.28. The van der Waals surface area contributed by atoms with E-state index >= 15 is 0 Å². The maximum atomic E-state index is 11.4. The van der Waals surface area contributed by atoms with Crippen LogP contribution in [-0.2, 0) is 9.53 Å². The molecule has 0 unspecified atom stereocenters. The van der Waals surface area contributed by atoms with Gasteiger partial charge in [0.25, 0.3) is 0 Å². The fraction of sp³-hybridized carbons (Fsp3) is 0.312. The molecule has 0 fully saturated rings. The Kier molecular flexibility index (Phi) is 6.37. The average Bonchev–Trinajstić information content (AvgIpc) is 2.45. The van der Waals surface area contributed by atoms with Gasteiger partial charge in [0.1, 0.15) is 6.61 Å². The summed E-state index contributed by atoms with van der Waals surface area (Å²) >= 11 is 0. The number of rotatable bonds is 7. The van der Waals surface area contributed by atoms with Gasteiger partial charge in [-0.05, 0) is 31.5 Å². The normalized spacial score (nSPS) is 10.3. The first-order valence-electron chi connectivity index (χ1n) is 6.40. The van der Waals surface area contributed by atoms with Gasteiger partial charge in [-0.25, -0.2) is 4.79 Å². The molecule has 108 valence electrons. The largest absolute Gasteiger partial charge is 0.493 e. The first kappa shape index (κ1) is 15.8. The number of methoxy groups -OCH3 is 1. The summed E-state index contributed by atoms with van der Waals surface area (Å²) in [7, 11) is 1.57. The van der Waals surface area contributed by atoms with Gasteiger partial charge in [-0.15, -0.1) is 0 Å². The van der Waals surface area contributed by atoms with Gasteiger partial charge in [-0.2, -0.15) is 0 Å². The monoisotopic (exact) mass is 276 g/mol. The van der Waals surface area contributed by atoms with Crippen molar-refractivity contribution in [3.05, 3.63) is 42.0 Å². The summed E-state index contributed by atoms with van der Waals surface area (Å²) in [5.41, 5.74) is 1.28. The molecule has 1 aromatic carbocycles. The summed E-state index contributed by atoms with van der Waals surface area (Å²) in [6.45, 7) is 7.72. The molecule has 0 bridgehead atoms. The van der Waals surface area contributed by atoms with Crippen LogP contribution < -0.4 is 9.47 Å². The number of carbonyl (C=O) groups is 1. The van der Waals surface area contributed by atoms with Crippen LogP contribution in [0.3, 0.4) is 0 Å². The molecule has 0 N–H and O–H groups in total. The summed E-state index contributed by atoms with van der Waals surface area (Å²) in [6.07, 6.45) is 3.90. The number of hydrogen-bond acceptors (Lipinski definition) is 4. The number of allylic oxidation sites excluding steroid dienone is 1. The zero-order chi connectivity index (χ0) is 15.0. The molecule has 0 aliphatic heterocycles. The molecular formula is C16H20O4. The highest BCUT2D eigenvalue weighted by molar-refractivity contribution is 5.88. The molecule has 4 heteroatoms. The van der Waals surface area contributed by atoms with Crippen molar-refractivity contribution in [2.75, 3.05) is 20.3 Å². The lowest BCUT2D eigenvalue weighted by Crippen LogP contribution is -2.13. The summed E-state index contributed by atoms with van der Waals surface area (Å²) in [6, 6.07) is 5.57. The molecule has 0 aromatic heterocycles. The topological polar surface area (TPSA) is 44.8 Å². The van der Waals surface area contributed by atoms with Gasteiger partial charge in [0, 0.05) is 0 Å². The van der Waals surface area contributed by atoms with Gasteiger partial charge in [0.05, 0.1) is 19.3 Å². The van der Waals surface area contributed by atoms with E-state index < -0.39 is 5.97 Å². The molecule has 0 saturated heterocycles. The number of hydrogen-bond donors (Lipinski definition) is 0. The van der Waals surface area contributed by atoms with E-state index in [0.717, 1.165) is 5.56 Å². The van der Waals surface area contributed by atoms with Crippen LogP contribution in [0.15, 0.2) is 36.4 Å². The van der Waals surface area contributed by atoms with Crippen LogP contribution in [0.2, 0.25) is 0 Å². The number of esters is 1. The Morgan fingerprint density at radius 3 is 2.70 bits per heavy atom. The molecule has 1 rings (SSSR count). The van der Waals surface area contributed by atoms with Gasteiger partial charge in [-0.1, -0.05) is 24.8 Å². The average molecular weight is 276 g/mol. The van der Waals surface area contributed by atoms with Crippen molar-refractivity contribution in [2.45, 2.75) is 13.8 Å². The molecule has 0 spiro atoms. The van der Waals surface area contributed by atoms with Crippen LogP contribution in [0.4, 0.5) is 0 Å². The molecule has 20 heavy (non-hydrogen) atoms. The van der Waals surface area contributed by atoms with Crippen LogP contribution in [0.5, 0.6) is 11.5 Å². The Morgan fingerprint density at radius 1 is 1.35 bits per heavy atom. The lowest BCUT2D eigenvalue weighted by Gasteiger charge is -2.12. The number of carbonyl (C=O) groups excluding carboxylic acids is 1. The quantitative estimate of drug-likeness (QED) is 0.566. The van der Waals surface area contributed by atoms with Crippen molar-refractivity contribution in [1.82, 2.24) is 0 Å². The van der Waals surface area contributed by atoms with Crippen molar-refractivity contribution in [2.24, 2.45) is 0 Å². The second kappa shape index (κ2) is 8.04. The summed E-state index contributed by atoms with van der Waals surface area (Å²) in [5, 5.41) is 0. The van der Waals surface area contributed by atoms with Gasteiger partial charge >= 0.3 is 5.97 Å². The van der Waals surface area contributed by atoms with Crippen molar-refractivity contribution < 1.29 is 19.0 Å². The fourth-order valence-electron chi connectivity index (χ4n) is 1.56. The molecule has 0 amide bonds. The molecular weight excluding hydrogens is 256 g/mol. The number of ether oxygens (including phenoxy) is 3. The Morgan fingerprint density at radius 2 is 2.10 bits per heavy atom. The van der Waals surface area contributed by atoms with Gasteiger partial charge in [-0.3, -0.25) is 0 Å². The highest BCUT2D eigenvalue weighted by Gasteiger charge is 2.10. The maximum Gasteiger partial charge on any atom is 0.336 e. The van der Waals surface area contributed by atoms with Crippen LogP contribution in [0.25, 0.3) is 6.08 Å². The highest BCUT2D eigenvalue weighted by atomic mass is 16.5. The SMILES string of the molecule is C=C(COc1ccc(C=CC)cc1OC)C(=O)OCC. The molecule has 0 aliphatic carbocycles. The van der Waals surface area contributed by atoms with Crippen molar-refractivity contribution in [1.29, 1.82) is 0 Å². The standard InChI is InChI=1S/C16H20O4/c1-5-7-13-8-9-14(15(10-13)18-4)20-11-12(3)16(17)19-6-2/h5,7-10H,3,6,11H2,1-2,4H3. The fourth-order valence-corrected chi connectivity index (χ4v) is 1.56. The Balaban J connectivity index is 2.72. The van der Waals surface area contributed by atoms with Gasteiger partial charge in [0.15, 0.2) is 11.5 Å². The number of benzene rings is 1. The predicted octanol–water partition coefficient (Wildman–Crippen LogP) is 3.23. The van der Waals surface area contributed by atoms with Crippen LogP contribution in [0, 0.1) is 0 Å². The van der Waals surface area contributed by atoms with E-state index in [1.807, 2.05) is 31.2 Å². The van der Waals surface area contributed by atoms with E-state index in [4.69, 9.17) is 14.2 Å². The minimum atomic E-state index is -0.447. The molecule has 0 radical (unpaired) electrons. The van der Waals surface area contributed by atoms with E-state index in [2.05, 4.69) is 6.58 Å². The molecule has 0 aliphatic rings. The molecule has 0 saturated carbocycles. The summed E-state index contributed by atoms with van der Waals surface area (Å²) in [4.78, 5) is 11.4. The smallest absolute Gasteiger partial charge is 0.336 e. The minimum Gasteiger partial charge on any atom is -0.493 e. The van der Waals surface area contributed by atoms with E-state index in [0.29, 0.717) is 18.1 Å². The van der Waals surface area contributed by atoms with Crippen molar-refractivity contribution in [3.8, 4) is 11.5 Å². The summed E-state index contributed by atoms with van der Waals surface area (Å²) < 4.78 is 15.6. The first-order valence-corrected chi connectivity index (χ1v) is 6.40. The van der Waals surface area contributed by atoms with Crippen LogP contribution in [0.1, 0.15) is 19.4 Å². The maximum absolute atomic E-state index is 11.4. The van der Waals surface area contributed by atoms with Gasteiger partial charge in [0.2, 0.25) is 0 Å². The lowest BCUT2D eigenvalue weighted by atomic mass is 10.2. The zero-order valence-corrected chi connectivity index (χ0v) is 12.1. The summed E-state index contributed by atoms with van der Waals surface area (Å²) in [5.74, 6) is 0.723. The third-order valence-corrected chi connectivity index (χ3v) is 2.51. The van der Waals surface area contributed by atoms with E-state index in [9.17, 15) is 4.79 Å². The molecule has 1 aromatic rings. The Bertz CT molecular complexity index is 503. The molecule has 4 nitrogen and oxygen atoms in total. The second-order valence-electron chi connectivity index (χ2n) is 4.02. The van der Waals surface area contributed by atoms with Crippen LogP contribution >= 0.6 is 0 Å². The first-order chi connectivity index (χ1) is 9.62. The molecule has 0 heterocycles. The lowest BCUT2D eigenvalue weighted by molar-refractivity contribution is -0.138. The minimum absolute atomic E-state index is 0.0676. The second-order valence-corrected chi connectivity index (χ2v) is 4.02. The van der Waals surface area contributed by atoms with Crippen molar-refractivity contribution >= 4 is 12.0 Å². The predicted molar refractivity (Wildman–Crippen MR) is 79.0 cm³/mol. The third kappa shape index (κ3) is 4.46. The van der Waals surface area contributed by atoms with Crippen LogP contribution in [-0.4, -0.2) is 26.3 Å². The Labute approximate surface area is 119 Å².